The quantitative estimate of drug-likeness (QED) is 0.840. The summed E-state index contributed by atoms with van der Waals surface area (Å²) in [6.45, 7) is 5.84. The van der Waals surface area contributed by atoms with Crippen LogP contribution in [0.1, 0.15) is 48.9 Å². The molecule has 2 aliphatic rings. The predicted octanol–water partition coefficient (Wildman–Crippen LogP) is 4.16. The van der Waals surface area contributed by atoms with Gasteiger partial charge >= 0.3 is 0 Å². The van der Waals surface area contributed by atoms with Gasteiger partial charge in [0.05, 0.1) is 10.7 Å². The van der Waals surface area contributed by atoms with Crippen LogP contribution in [0.5, 0.6) is 0 Å². The maximum atomic E-state index is 12.7. The normalized spacial score (nSPS) is 21.5. The predicted molar refractivity (Wildman–Crippen MR) is 97.2 cm³/mol. The Morgan fingerprint density at radius 3 is 2.33 bits per heavy atom. The van der Waals surface area contributed by atoms with E-state index in [2.05, 4.69) is 54.5 Å². The number of thiazole rings is 1. The summed E-state index contributed by atoms with van der Waals surface area (Å²) in [4.78, 5) is 19.6. The molecule has 1 aliphatic carbocycles. The molecule has 126 valence electrons. The van der Waals surface area contributed by atoms with Gasteiger partial charge in [0.25, 0.3) is 0 Å². The summed E-state index contributed by atoms with van der Waals surface area (Å²) in [6.07, 6.45) is 4.03. The summed E-state index contributed by atoms with van der Waals surface area (Å²) in [5.41, 5.74) is 2.40. The van der Waals surface area contributed by atoms with Crippen molar-refractivity contribution in [3.8, 4) is 0 Å². The lowest BCUT2D eigenvalue weighted by molar-refractivity contribution is -0.137. The molecule has 0 radical (unpaired) electrons. The van der Waals surface area contributed by atoms with Crippen LogP contribution in [0.4, 0.5) is 0 Å². The molecular weight excluding hydrogens is 316 g/mol. The number of hydrogen-bond donors (Lipinski definition) is 0. The topological polar surface area (TPSA) is 33.2 Å². The van der Waals surface area contributed by atoms with Crippen molar-refractivity contribution in [2.45, 2.75) is 44.9 Å². The fourth-order valence-corrected chi connectivity index (χ4v) is 4.62. The van der Waals surface area contributed by atoms with Gasteiger partial charge in [0, 0.05) is 29.3 Å². The van der Waals surface area contributed by atoms with E-state index in [1.807, 2.05) is 0 Å². The molecule has 4 heteroatoms. The Morgan fingerprint density at radius 1 is 1.12 bits per heavy atom. The SMILES string of the molecule is Cc1nc(C2(c3ccccc3)CCN(C(=O)C3(C)CC3)CC2)cs1. The number of carbonyl (C=O) groups is 1. The maximum absolute atomic E-state index is 12.7. The monoisotopic (exact) mass is 340 g/mol. The fourth-order valence-electron chi connectivity index (χ4n) is 3.91. The van der Waals surface area contributed by atoms with E-state index in [1.54, 1.807) is 11.3 Å². The summed E-state index contributed by atoms with van der Waals surface area (Å²) in [6, 6.07) is 10.7. The van der Waals surface area contributed by atoms with Crippen LogP contribution in [0.2, 0.25) is 0 Å². The molecule has 1 saturated carbocycles. The van der Waals surface area contributed by atoms with Crippen LogP contribution < -0.4 is 0 Å². The molecule has 1 aromatic heterocycles. The summed E-state index contributed by atoms with van der Waals surface area (Å²) in [5.74, 6) is 0.360. The molecule has 0 N–H and O–H groups in total. The van der Waals surface area contributed by atoms with Crippen molar-refractivity contribution >= 4 is 17.2 Å². The minimum absolute atomic E-state index is 0.0484. The van der Waals surface area contributed by atoms with Gasteiger partial charge < -0.3 is 4.90 Å². The fraction of sp³-hybridized carbons (Fsp3) is 0.500. The Morgan fingerprint density at radius 2 is 1.79 bits per heavy atom. The van der Waals surface area contributed by atoms with Crippen molar-refractivity contribution < 1.29 is 4.79 Å². The van der Waals surface area contributed by atoms with Crippen molar-refractivity contribution in [1.82, 2.24) is 9.88 Å². The second kappa shape index (κ2) is 5.69. The molecule has 0 unspecified atom stereocenters. The van der Waals surface area contributed by atoms with E-state index in [0.29, 0.717) is 5.91 Å². The summed E-state index contributed by atoms with van der Waals surface area (Å²) < 4.78 is 0. The second-order valence-corrected chi connectivity index (χ2v) is 8.61. The number of rotatable bonds is 3. The highest BCUT2D eigenvalue weighted by Crippen LogP contribution is 2.48. The minimum Gasteiger partial charge on any atom is -0.342 e. The van der Waals surface area contributed by atoms with Gasteiger partial charge in [-0.05, 0) is 38.2 Å². The zero-order valence-corrected chi connectivity index (χ0v) is 15.2. The second-order valence-electron chi connectivity index (χ2n) is 7.55. The van der Waals surface area contributed by atoms with E-state index in [1.165, 1.54) is 11.3 Å². The first kappa shape index (κ1) is 15.8. The molecule has 1 amide bonds. The summed E-state index contributed by atoms with van der Waals surface area (Å²) in [7, 11) is 0. The summed E-state index contributed by atoms with van der Waals surface area (Å²) >= 11 is 1.72. The van der Waals surface area contributed by atoms with Crippen LogP contribution in [0, 0.1) is 12.3 Å². The molecule has 0 bridgehead atoms. The van der Waals surface area contributed by atoms with Gasteiger partial charge in [0.2, 0.25) is 5.91 Å². The van der Waals surface area contributed by atoms with Gasteiger partial charge in [-0.3, -0.25) is 4.79 Å². The molecule has 3 nitrogen and oxygen atoms in total. The van der Waals surface area contributed by atoms with Crippen LogP contribution in [-0.4, -0.2) is 28.9 Å². The molecule has 2 fully saturated rings. The van der Waals surface area contributed by atoms with Gasteiger partial charge in [-0.15, -0.1) is 11.3 Å². The van der Waals surface area contributed by atoms with Gasteiger partial charge in [0.15, 0.2) is 0 Å². The third-order valence-electron chi connectivity index (χ3n) is 5.86. The van der Waals surface area contributed by atoms with E-state index >= 15 is 0 Å². The molecule has 0 atom stereocenters. The number of amides is 1. The maximum Gasteiger partial charge on any atom is 0.228 e. The first-order valence-corrected chi connectivity index (χ1v) is 9.69. The van der Waals surface area contributed by atoms with Crippen molar-refractivity contribution in [2.24, 2.45) is 5.41 Å². The van der Waals surface area contributed by atoms with Crippen molar-refractivity contribution in [2.75, 3.05) is 13.1 Å². The van der Waals surface area contributed by atoms with Crippen LogP contribution in [0.3, 0.4) is 0 Å². The third kappa shape index (κ3) is 2.57. The largest absolute Gasteiger partial charge is 0.342 e. The Bertz CT molecular complexity index is 740. The van der Waals surface area contributed by atoms with E-state index in [4.69, 9.17) is 4.98 Å². The highest BCUT2D eigenvalue weighted by Gasteiger charge is 2.49. The molecule has 1 aliphatic heterocycles. The molecule has 2 aromatic rings. The van der Waals surface area contributed by atoms with Crippen LogP contribution in [0.25, 0.3) is 0 Å². The average Bonchev–Trinajstić information content (AvgIpc) is 3.22. The number of nitrogens with zero attached hydrogens (tertiary/aromatic N) is 2. The number of benzene rings is 1. The highest BCUT2D eigenvalue weighted by atomic mass is 32.1. The standard InChI is InChI=1S/C20H24N2OS/c1-15-21-17(14-24-15)20(16-6-4-3-5-7-16)10-12-22(13-11-20)18(23)19(2)8-9-19/h3-7,14H,8-13H2,1-2H3. The zero-order valence-electron chi connectivity index (χ0n) is 14.4. The lowest BCUT2D eigenvalue weighted by atomic mass is 9.70. The van der Waals surface area contributed by atoms with Crippen LogP contribution in [0.15, 0.2) is 35.7 Å². The van der Waals surface area contributed by atoms with Gasteiger partial charge in [0.1, 0.15) is 0 Å². The minimum atomic E-state index is -0.0655. The van der Waals surface area contributed by atoms with E-state index in [0.717, 1.165) is 43.8 Å². The van der Waals surface area contributed by atoms with Crippen molar-refractivity contribution in [1.29, 1.82) is 0 Å². The van der Waals surface area contributed by atoms with Crippen LogP contribution in [-0.2, 0) is 10.2 Å². The number of aromatic nitrogens is 1. The molecule has 4 rings (SSSR count). The van der Waals surface area contributed by atoms with E-state index in [-0.39, 0.29) is 10.8 Å². The summed E-state index contributed by atoms with van der Waals surface area (Å²) in [5, 5.41) is 3.33. The molecule has 24 heavy (non-hydrogen) atoms. The molecule has 1 saturated heterocycles. The Kier molecular flexibility index (Phi) is 3.75. The highest BCUT2D eigenvalue weighted by molar-refractivity contribution is 7.09. The Hall–Kier alpha value is -1.68. The number of piperidine rings is 1. The third-order valence-corrected chi connectivity index (χ3v) is 6.63. The number of aryl methyl sites for hydroxylation is 1. The van der Waals surface area contributed by atoms with Crippen molar-refractivity contribution in [3.05, 3.63) is 52.0 Å². The molecule has 1 aromatic carbocycles. The number of likely N-dealkylation sites (tertiary alicyclic amines) is 1. The van der Waals surface area contributed by atoms with E-state index < -0.39 is 0 Å². The Balaban J connectivity index is 1.63. The van der Waals surface area contributed by atoms with Crippen molar-refractivity contribution in [3.63, 3.8) is 0 Å². The lowest BCUT2D eigenvalue weighted by Crippen LogP contribution is -2.47. The molecule has 2 heterocycles. The average molecular weight is 340 g/mol. The van der Waals surface area contributed by atoms with E-state index in [9.17, 15) is 4.79 Å². The van der Waals surface area contributed by atoms with Gasteiger partial charge in [-0.2, -0.15) is 0 Å². The van der Waals surface area contributed by atoms with Gasteiger partial charge in [-0.1, -0.05) is 37.3 Å². The zero-order chi connectivity index (χ0) is 16.8. The molecular formula is C20H24N2OS. The number of hydrogen-bond acceptors (Lipinski definition) is 3. The smallest absolute Gasteiger partial charge is 0.228 e. The first-order chi connectivity index (χ1) is 11.5. The first-order valence-electron chi connectivity index (χ1n) is 8.81. The molecule has 0 spiro atoms. The van der Waals surface area contributed by atoms with Crippen LogP contribution >= 0.6 is 11.3 Å². The number of carbonyl (C=O) groups excluding carboxylic acids is 1. The van der Waals surface area contributed by atoms with Gasteiger partial charge in [-0.25, -0.2) is 4.98 Å². The Labute approximate surface area is 147 Å². The lowest BCUT2D eigenvalue weighted by Gasteiger charge is -2.42.